The lowest BCUT2D eigenvalue weighted by Gasteiger charge is -2.10. The van der Waals surface area contributed by atoms with Crippen molar-refractivity contribution in [2.45, 2.75) is 13.8 Å². The number of anilines is 1. The van der Waals surface area contributed by atoms with E-state index in [1.165, 1.54) is 32.3 Å². The molecule has 0 aliphatic rings. The lowest BCUT2D eigenvalue weighted by molar-refractivity contribution is -0.114. The maximum absolute atomic E-state index is 11.9. The Labute approximate surface area is 131 Å². The highest BCUT2D eigenvalue weighted by Gasteiger charge is 2.15. The second kappa shape index (κ2) is 6.53. The second-order valence-electron chi connectivity index (χ2n) is 4.65. The zero-order valence-corrected chi connectivity index (χ0v) is 13.2. The van der Waals surface area contributed by atoms with E-state index in [1.807, 2.05) is 6.07 Å². The highest BCUT2D eigenvalue weighted by atomic mass is 32.1. The number of carbonyl (C=O) groups is 3. The van der Waals surface area contributed by atoms with E-state index in [1.54, 1.807) is 24.3 Å². The quantitative estimate of drug-likeness (QED) is 0.693. The third kappa shape index (κ3) is 3.40. The fourth-order valence-corrected chi connectivity index (χ4v) is 2.85. The number of ether oxygens (including phenoxy) is 1. The van der Waals surface area contributed by atoms with Crippen LogP contribution >= 0.6 is 11.3 Å². The van der Waals surface area contributed by atoms with Crippen molar-refractivity contribution >= 4 is 34.7 Å². The first-order valence-corrected chi connectivity index (χ1v) is 7.35. The molecule has 0 spiro atoms. The molecule has 5 nitrogen and oxygen atoms in total. The summed E-state index contributed by atoms with van der Waals surface area (Å²) in [4.78, 5) is 36.0. The van der Waals surface area contributed by atoms with Gasteiger partial charge in [0, 0.05) is 11.8 Å². The molecule has 0 saturated heterocycles. The number of amides is 1. The maximum atomic E-state index is 11.9. The molecule has 2 aromatic rings. The minimum absolute atomic E-state index is 0.000641. The molecule has 2 rings (SSSR count). The molecule has 0 radical (unpaired) electrons. The van der Waals surface area contributed by atoms with E-state index >= 15 is 0 Å². The van der Waals surface area contributed by atoms with Crippen LogP contribution in [0.15, 0.2) is 30.3 Å². The number of carbonyl (C=O) groups excluding carboxylic acids is 3. The van der Waals surface area contributed by atoms with Gasteiger partial charge in [-0.1, -0.05) is 6.07 Å². The van der Waals surface area contributed by atoms with E-state index in [9.17, 15) is 14.4 Å². The summed E-state index contributed by atoms with van der Waals surface area (Å²) in [6.45, 7) is 2.88. The van der Waals surface area contributed by atoms with Crippen molar-refractivity contribution in [2.75, 3.05) is 12.4 Å². The molecule has 22 heavy (non-hydrogen) atoms. The number of Topliss-reactive ketones (excluding diaryl/α,β-unsaturated/α-hetero) is 1. The van der Waals surface area contributed by atoms with Crippen LogP contribution in [0.1, 0.15) is 33.9 Å². The molecule has 0 aliphatic heterocycles. The number of benzene rings is 1. The first-order valence-electron chi connectivity index (χ1n) is 6.53. The van der Waals surface area contributed by atoms with Crippen LogP contribution < -0.4 is 5.32 Å². The predicted octanol–water partition coefficient (Wildman–Crippen LogP) is 3.36. The summed E-state index contributed by atoms with van der Waals surface area (Å²) in [5, 5.41) is 2.60. The smallest absolute Gasteiger partial charge is 0.339 e. The largest absolute Gasteiger partial charge is 0.465 e. The lowest BCUT2D eigenvalue weighted by Crippen LogP contribution is -2.12. The highest BCUT2D eigenvalue weighted by Crippen LogP contribution is 2.31. The number of hydrogen-bond donors (Lipinski definition) is 1. The molecule has 0 fully saturated rings. The van der Waals surface area contributed by atoms with Crippen LogP contribution in [-0.2, 0) is 9.53 Å². The summed E-state index contributed by atoms with van der Waals surface area (Å²) in [5.74, 6) is -0.804. The van der Waals surface area contributed by atoms with Gasteiger partial charge >= 0.3 is 5.97 Å². The van der Waals surface area contributed by atoms with Gasteiger partial charge < -0.3 is 10.1 Å². The molecule has 0 saturated carbocycles. The van der Waals surface area contributed by atoms with Crippen molar-refractivity contribution in [3.05, 3.63) is 40.8 Å². The van der Waals surface area contributed by atoms with E-state index in [2.05, 4.69) is 5.32 Å². The predicted molar refractivity (Wildman–Crippen MR) is 85.4 cm³/mol. The van der Waals surface area contributed by atoms with Crippen LogP contribution in [0, 0.1) is 0 Å². The van der Waals surface area contributed by atoms with E-state index in [4.69, 9.17) is 4.74 Å². The molecule has 114 valence electrons. The summed E-state index contributed by atoms with van der Waals surface area (Å²) in [6, 6.07) is 8.66. The SMILES string of the molecule is COC(=O)c1cc(-c2ccc(C(C)=O)s2)ccc1NC(C)=O. The van der Waals surface area contributed by atoms with Crippen molar-refractivity contribution in [2.24, 2.45) is 0 Å². The van der Waals surface area contributed by atoms with E-state index < -0.39 is 5.97 Å². The third-order valence-corrected chi connectivity index (χ3v) is 4.21. The summed E-state index contributed by atoms with van der Waals surface area (Å²) in [6.07, 6.45) is 0. The monoisotopic (exact) mass is 317 g/mol. The van der Waals surface area contributed by atoms with Crippen molar-refractivity contribution in [1.29, 1.82) is 0 Å². The van der Waals surface area contributed by atoms with Gasteiger partial charge in [-0.05, 0) is 36.8 Å². The van der Waals surface area contributed by atoms with Gasteiger partial charge in [0.1, 0.15) is 0 Å². The van der Waals surface area contributed by atoms with Crippen LogP contribution in [0.2, 0.25) is 0 Å². The van der Waals surface area contributed by atoms with Gasteiger partial charge in [0.2, 0.25) is 5.91 Å². The number of nitrogens with one attached hydrogen (secondary N) is 1. The zero-order valence-electron chi connectivity index (χ0n) is 12.4. The number of rotatable bonds is 4. The number of esters is 1. The first kappa shape index (κ1) is 15.9. The summed E-state index contributed by atoms with van der Waals surface area (Å²) in [5.41, 5.74) is 1.45. The normalized spacial score (nSPS) is 10.1. The Morgan fingerprint density at radius 1 is 1.09 bits per heavy atom. The Morgan fingerprint density at radius 2 is 1.82 bits per heavy atom. The second-order valence-corrected chi connectivity index (χ2v) is 5.74. The van der Waals surface area contributed by atoms with Crippen LogP contribution in [0.3, 0.4) is 0 Å². The maximum Gasteiger partial charge on any atom is 0.339 e. The van der Waals surface area contributed by atoms with Crippen molar-refractivity contribution in [3.8, 4) is 10.4 Å². The molecule has 1 heterocycles. The summed E-state index contributed by atoms with van der Waals surface area (Å²) in [7, 11) is 1.28. The average Bonchev–Trinajstić information content (AvgIpc) is 2.96. The highest BCUT2D eigenvalue weighted by molar-refractivity contribution is 7.17. The van der Waals surface area contributed by atoms with Crippen molar-refractivity contribution < 1.29 is 19.1 Å². The number of hydrogen-bond acceptors (Lipinski definition) is 5. The van der Waals surface area contributed by atoms with Gasteiger partial charge in [-0.2, -0.15) is 0 Å². The molecular weight excluding hydrogens is 302 g/mol. The van der Waals surface area contributed by atoms with Crippen LogP contribution in [0.5, 0.6) is 0 Å². The summed E-state index contributed by atoms with van der Waals surface area (Å²) < 4.78 is 4.75. The molecule has 1 N–H and O–H groups in total. The molecule has 0 atom stereocenters. The molecule has 1 aromatic heterocycles. The standard InChI is InChI=1S/C16H15NO4S/c1-9(18)14-6-7-15(22-14)11-4-5-13(17-10(2)19)12(8-11)16(20)21-3/h4-8H,1-3H3,(H,17,19). The molecular formula is C16H15NO4S. The average molecular weight is 317 g/mol. The Balaban J connectivity index is 2.47. The van der Waals surface area contributed by atoms with E-state index in [0.717, 1.165) is 10.4 Å². The fraction of sp³-hybridized carbons (Fsp3) is 0.188. The van der Waals surface area contributed by atoms with Gasteiger partial charge in [-0.3, -0.25) is 9.59 Å². The van der Waals surface area contributed by atoms with E-state index in [-0.39, 0.29) is 17.3 Å². The van der Waals surface area contributed by atoms with Gasteiger partial charge in [0.25, 0.3) is 0 Å². The minimum atomic E-state index is -0.533. The molecule has 6 heteroatoms. The fourth-order valence-electron chi connectivity index (χ4n) is 1.96. The first-order chi connectivity index (χ1) is 10.4. The molecule has 0 aliphatic carbocycles. The van der Waals surface area contributed by atoms with Crippen molar-refractivity contribution in [1.82, 2.24) is 0 Å². The minimum Gasteiger partial charge on any atom is -0.465 e. The third-order valence-electron chi connectivity index (χ3n) is 2.97. The van der Waals surface area contributed by atoms with Gasteiger partial charge in [0.15, 0.2) is 5.78 Å². The Morgan fingerprint density at radius 3 is 2.36 bits per heavy atom. The van der Waals surface area contributed by atoms with Gasteiger partial charge in [-0.15, -0.1) is 11.3 Å². The topological polar surface area (TPSA) is 72.5 Å². The Bertz CT molecular complexity index is 748. The Kier molecular flexibility index (Phi) is 4.72. The lowest BCUT2D eigenvalue weighted by atomic mass is 10.1. The molecule has 1 aromatic carbocycles. The van der Waals surface area contributed by atoms with Crippen molar-refractivity contribution in [3.63, 3.8) is 0 Å². The summed E-state index contributed by atoms with van der Waals surface area (Å²) >= 11 is 1.35. The van der Waals surface area contributed by atoms with E-state index in [0.29, 0.717) is 10.6 Å². The number of thiophene rings is 1. The van der Waals surface area contributed by atoms with Gasteiger partial charge in [0.05, 0.1) is 23.2 Å². The van der Waals surface area contributed by atoms with Gasteiger partial charge in [-0.25, -0.2) is 4.79 Å². The number of methoxy groups -OCH3 is 1. The zero-order chi connectivity index (χ0) is 16.3. The molecule has 1 amide bonds. The van der Waals surface area contributed by atoms with Crippen LogP contribution in [-0.4, -0.2) is 24.8 Å². The van der Waals surface area contributed by atoms with Crippen LogP contribution in [0.4, 0.5) is 5.69 Å². The molecule has 0 bridgehead atoms. The number of ketones is 1. The molecule has 0 unspecified atom stereocenters. The van der Waals surface area contributed by atoms with Crippen LogP contribution in [0.25, 0.3) is 10.4 Å². The Hall–Kier alpha value is -2.47.